The zero-order chi connectivity index (χ0) is 10.8. The minimum atomic E-state index is -0.246. The van der Waals surface area contributed by atoms with Crippen LogP contribution in [-0.2, 0) is 0 Å². The van der Waals surface area contributed by atoms with E-state index in [1.165, 1.54) is 12.1 Å². The van der Waals surface area contributed by atoms with Gasteiger partial charge in [0.25, 0.3) is 0 Å². The number of rotatable bonds is 1. The Hall–Kier alpha value is -1.41. The summed E-state index contributed by atoms with van der Waals surface area (Å²) in [5.41, 5.74) is 2.65. The van der Waals surface area contributed by atoms with Gasteiger partial charge < -0.3 is 0 Å². The Bertz CT molecular complexity index is 479. The zero-order valence-electron chi connectivity index (χ0n) is 8.17. The maximum atomic E-state index is 12.7. The first-order valence-corrected chi connectivity index (χ1v) is 4.93. The van der Waals surface area contributed by atoms with Gasteiger partial charge in [0.1, 0.15) is 5.82 Å². The Morgan fingerprint density at radius 1 is 1.20 bits per heavy atom. The predicted molar refractivity (Wildman–Crippen MR) is 59.4 cm³/mol. The fourth-order valence-electron chi connectivity index (χ4n) is 1.32. The first-order chi connectivity index (χ1) is 7.16. The van der Waals surface area contributed by atoms with E-state index in [0.717, 1.165) is 16.8 Å². The molecule has 1 nitrogen and oxygen atoms in total. The van der Waals surface area contributed by atoms with E-state index >= 15 is 0 Å². The number of halogens is 2. The van der Waals surface area contributed by atoms with Gasteiger partial charge in [-0.05, 0) is 42.8 Å². The van der Waals surface area contributed by atoms with E-state index in [4.69, 9.17) is 11.6 Å². The lowest BCUT2D eigenvalue weighted by Crippen LogP contribution is -1.86. The van der Waals surface area contributed by atoms with Crippen LogP contribution >= 0.6 is 11.6 Å². The number of benzene rings is 1. The van der Waals surface area contributed by atoms with Crippen molar-refractivity contribution in [2.75, 3.05) is 0 Å². The quantitative estimate of drug-likeness (QED) is 0.713. The largest absolute Gasteiger partial charge is 0.255 e. The van der Waals surface area contributed by atoms with Gasteiger partial charge in [0.15, 0.2) is 0 Å². The molecule has 2 rings (SSSR count). The van der Waals surface area contributed by atoms with Gasteiger partial charge >= 0.3 is 0 Å². The van der Waals surface area contributed by atoms with Crippen molar-refractivity contribution in [3.63, 3.8) is 0 Å². The second kappa shape index (κ2) is 3.99. The van der Waals surface area contributed by atoms with Crippen LogP contribution in [0.5, 0.6) is 0 Å². The van der Waals surface area contributed by atoms with E-state index in [1.54, 1.807) is 18.3 Å². The Kier molecular flexibility index (Phi) is 2.69. The van der Waals surface area contributed by atoms with E-state index in [2.05, 4.69) is 4.98 Å². The third-order valence-corrected chi connectivity index (χ3v) is 2.58. The Balaban J connectivity index is 2.45. The Morgan fingerprint density at radius 2 is 1.87 bits per heavy atom. The van der Waals surface area contributed by atoms with Crippen LogP contribution in [0, 0.1) is 12.7 Å². The molecule has 0 unspecified atom stereocenters. The van der Waals surface area contributed by atoms with E-state index in [9.17, 15) is 4.39 Å². The van der Waals surface area contributed by atoms with Crippen molar-refractivity contribution in [3.8, 4) is 11.3 Å². The SMILES string of the molecule is Cc1cc(-c2ccc(F)cc2)ncc1Cl. The highest BCUT2D eigenvalue weighted by Gasteiger charge is 2.02. The summed E-state index contributed by atoms with van der Waals surface area (Å²) in [6.07, 6.45) is 1.61. The Morgan fingerprint density at radius 3 is 2.47 bits per heavy atom. The van der Waals surface area contributed by atoms with Crippen molar-refractivity contribution < 1.29 is 4.39 Å². The van der Waals surface area contributed by atoms with Gasteiger partial charge in [0.2, 0.25) is 0 Å². The fraction of sp³-hybridized carbons (Fsp3) is 0.0833. The summed E-state index contributed by atoms with van der Waals surface area (Å²) in [5.74, 6) is -0.246. The molecule has 0 aliphatic carbocycles. The van der Waals surface area contributed by atoms with Crippen molar-refractivity contribution in [1.82, 2.24) is 4.98 Å². The molecule has 2 aromatic rings. The highest BCUT2D eigenvalue weighted by molar-refractivity contribution is 6.31. The molecule has 0 radical (unpaired) electrons. The second-order valence-electron chi connectivity index (χ2n) is 3.33. The van der Waals surface area contributed by atoms with Crippen molar-refractivity contribution in [2.45, 2.75) is 6.92 Å². The molecular weight excluding hydrogens is 213 g/mol. The summed E-state index contributed by atoms with van der Waals surface area (Å²) in [6, 6.07) is 8.12. The molecule has 0 atom stereocenters. The molecule has 3 heteroatoms. The molecule has 0 spiro atoms. The average Bonchev–Trinajstić information content (AvgIpc) is 2.23. The fourth-order valence-corrected chi connectivity index (χ4v) is 1.42. The van der Waals surface area contributed by atoms with Crippen LogP contribution in [0.15, 0.2) is 36.5 Å². The Labute approximate surface area is 92.5 Å². The van der Waals surface area contributed by atoms with E-state index < -0.39 is 0 Å². The molecular formula is C12H9ClFN. The highest BCUT2D eigenvalue weighted by Crippen LogP contribution is 2.21. The van der Waals surface area contributed by atoms with E-state index in [1.807, 2.05) is 13.0 Å². The summed E-state index contributed by atoms with van der Waals surface area (Å²) < 4.78 is 12.7. The molecule has 0 N–H and O–H groups in total. The van der Waals surface area contributed by atoms with Gasteiger partial charge in [-0.1, -0.05) is 11.6 Å². The van der Waals surface area contributed by atoms with Crippen LogP contribution in [0.2, 0.25) is 5.02 Å². The zero-order valence-corrected chi connectivity index (χ0v) is 8.92. The van der Waals surface area contributed by atoms with Crippen LogP contribution < -0.4 is 0 Å². The predicted octanol–water partition coefficient (Wildman–Crippen LogP) is 3.85. The maximum absolute atomic E-state index is 12.7. The van der Waals surface area contributed by atoms with Gasteiger partial charge in [-0.25, -0.2) is 4.39 Å². The standard InChI is InChI=1S/C12H9ClFN/c1-8-6-12(15-7-11(8)13)9-2-4-10(14)5-3-9/h2-7H,1H3. The van der Waals surface area contributed by atoms with Crippen molar-refractivity contribution >= 4 is 11.6 Å². The molecule has 1 aromatic heterocycles. The van der Waals surface area contributed by atoms with Crippen LogP contribution in [0.1, 0.15) is 5.56 Å². The summed E-state index contributed by atoms with van der Waals surface area (Å²) >= 11 is 5.87. The van der Waals surface area contributed by atoms with Gasteiger partial charge in [0.05, 0.1) is 10.7 Å². The smallest absolute Gasteiger partial charge is 0.123 e. The summed E-state index contributed by atoms with van der Waals surface area (Å²) in [7, 11) is 0. The number of hydrogen-bond acceptors (Lipinski definition) is 1. The van der Waals surface area contributed by atoms with Crippen molar-refractivity contribution in [3.05, 3.63) is 52.9 Å². The summed E-state index contributed by atoms with van der Waals surface area (Å²) in [6.45, 7) is 1.91. The van der Waals surface area contributed by atoms with Crippen LogP contribution in [-0.4, -0.2) is 4.98 Å². The summed E-state index contributed by atoms with van der Waals surface area (Å²) in [4.78, 5) is 4.18. The monoisotopic (exact) mass is 221 g/mol. The molecule has 0 bridgehead atoms. The van der Waals surface area contributed by atoms with Gasteiger partial charge in [-0.2, -0.15) is 0 Å². The van der Waals surface area contributed by atoms with Gasteiger partial charge in [-0.15, -0.1) is 0 Å². The number of hydrogen-bond donors (Lipinski definition) is 0. The first kappa shape index (κ1) is 10.1. The van der Waals surface area contributed by atoms with Crippen molar-refractivity contribution in [1.29, 1.82) is 0 Å². The minimum Gasteiger partial charge on any atom is -0.255 e. The molecule has 0 aliphatic rings. The van der Waals surface area contributed by atoms with Gasteiger partial charge in [0, 0.05) is 11.8 Å². The number of pyridine rings is 1. The number of aryl methyl sites for hydroxylation is 1. The van der Waals surface area contributed by atoms with Crippen LogP contribution in [0.25, 0.3) is 11.3 Å². The number of aromatic nitrogens is 1. The third kappa shape index (κ3) is 2.16. The molecule has 1 heterocycles. The number of nitrogens with zero attached hydrogens (tertiary/aromatic N) is 1. The molecule has 0 fully saturated rings. The minimum absolute atomic E-state index is 0.246. The topological polar surface area (TPSA) is 12.9 Å². The second-order valence-corrected chi connectivity index (χ2v) is 3.73. The molecule has 0 saturated carbocycles. The summed E-state index contributed by atoms with van der Waals surface area (Å²) in [5, 5.41) is 0.640. The first-order valence-electron chi connectivity index (χ1n) is 4.55. The van der Waals surface area contributed by atoms with Crippen LogP contribution in [0.4, 0.5) is 4.39 Å². The van der Waals surface area contributed by atoms with Gasteiger partial charge in [-0.3, -0.25) is 4.98 Å². The molecule has 0 amide bonds. The molecule has 0 saturated heterocycles. The maximum Gasteiger partial charge on any atom is 0.123 e. The molecule has 1 aromatic carbocycles. The molecule has 0 aliphatic heterocycles. The third-order valence-electron chi connectivity index (χ3n) is 2.19. The van der Waals surface area contributed by atoms with Crippen molar-refractivity contribution in [2.24, 2.45) is 0 Å². The molecule has 15 heavy (non-hydrogen) atoms. The van der Waals surface area contributed by atoms with E-state index in [0.29, 0.717) is 5.02 Å². The lowest BCUT2D eigenvalue weighted by molar-refractivity contribution is 0.628. The van der Waals surface area contributed by atoms with E-state index in [-0.39, 0.29) is 5.82 Å². The normalized spacial score (nSPS) is 10.3. The lowest BCUT2D eigenvalue weighted by Gasteiger charge is -2.03. The van der Waals surface area contributed by atoms with Crippen LogP contribution in [0.3, 0.4) is 0 Å². The lowest BCUT2D eigenvalue weighted by atomic mass is 10.1. The average molecular weight is 222 g/mol. The molecule has 76 valence electrons. The highest BCUT2D eigenvalue weighted by atomic mass is 35.5.